The number of benzene rings is 1. The van der Waals surface area contributed by atoms with Crippen LogP contribution in [0, 0.1) is 11.8 Å². The molecule has 36 heavy (non-hydrogen) atoms. The largest absolute Gasteiger partial charge is 0.491 e. The molecule has 0 unspecified atom stereocenters. The number of hydrogen-bond donors (Lipinski definition) is 1. The summed E-state index contributed by atoms with van der Waals surface area (Å²) in [6.07, 6.45) is 6.48. The molecule has 2 amide bonds. The zero-order valence-corrected chi connectivity index (χ0v) is 21.8. The highest BCUT2D eigenvalue weighted by atomic mass is 16.5. The van der Waals surface area contributed by atoms with Gasteiger partial charge in [0.15, 0.2) is 0 Å². The Kier molecular flexibility index (Phi) is 8.59. The molecule has 0 bridgehead atoms. The zero-order chi connectivity index (χ0) is 25.7. The molecule has 4 rings (SSSR count). The molecule has 2 aliphatic rings. The molecule has 1 aliphatic heterocycles. The van der Waals surface area contributed by atoms with Crippen molar-refractivity contribution < 1.29 is 19.1 Å². The molecule has 1 aromatic carbocycles. The molecule has 1 saturated carbocycles. The van der Waals surface area contributed by atoms with Crippen molar-refractivity contribution in [1.29, 1.82) is 0 Å². The third kappa shape index (κ3) is 6.23. The van der Waals surface area contributed by atoms with Crippen LogP contribution in [0.25, 0.3) is 0 Å². The smallest absolute Gasteiger partial charge is 0.257 e. The predicted molar refractivity (Wildman–Crippen MR) is 139 cm³/mol. The number of amides is 2. The average molecular weight is 495 g/mol. The predicted octanol–water partition coefficient (Wildman–Crippen LogP) is 3.83. The van der Waals surface area contributed by atoms with Gasteiger partial charge >= 0.3 is 0 Å². The fraction of sp³-hybridized carbons (Fsp3) is 0.536. The SMILES string of the molecule is CO[C@H]1CN(C)C(=O)c2cc(NC(=O)C3CCC3)ccc2OC[C@@H](C)N(Cc2cccnc2)C[C@H]1C. The second-order valence-corrected chi connectivity index (χ2v) is 10.2. The number of carbonyl (C=O) groups excluding carboxylic acids is 2. The second-order valence-electron chi connectivity index (χ2n) is 10.2. The molecule has 1 aliphatic carbocycles. The third-order valence-corrected chi connectivity index (χ3v) is 7.43. The normalized spacial score (nSPS) is 24.1. The molecule has 0 radical (unpaired) electrons. The maximum absolute atomic E-state index is 13.5. The van der Waals surface area contributed by atoms with E-state index in [1.807, 2.05) is 18.3 Å². The molecule has 0 saturated heterocycles. The fourth-order valence-electron chi connectivity index (χ4n) is 4.79. The number of fused-ring (bicyclic) bond motifs is 1. The number of likely N-dealkylation sites (N-methyl/N-ethyl adjacent to an activating group) is 1. The Balaban J connectivity index is 1.60. The van der Waals surface area contributed by atoms with Crippen molar-refractivity contribution in [2.75, 3.05) is 39.2 Å². The number of nitrogens with zero attached hydrogens (tertiary/aromatic N) is 3. The van der Waals surface area contributed by atoms with Crippen LogP contribution >= 0.6 is 0 Å². The number of methoxy groups -OCH3 is 1. The number of rotatable bonds is 5. The van der Waals surface area contributed by atoms with Crippen molar-refractivity contribution in [2.24, 2.45) is 11.8 Å². The van der Waals surface area contributed by atoms with E-state index >= 15 is 0 Å². The van der Waals surface area contributed by atoms with E-state index in [9.17, 15) is 9.59 Å². The highest BCUT2D eigenvalue weighted by Gasteiger charge is 2.29. The van der Waals surface area contributed by atoms with E-state index in [-0.39, 0.29) is 35.8 Å². The van der Waals surface area contributed by atoms with Gasteiger partial charge in [-0.05, 0) is 55.5 Å². The van der Waals surface area contributed by atoms with Crippen LogP contribution < -0.4 is 10.1 Å². The minimum Gasteiger partial charge on any atom is -0.491 e. The number of anilines is 1. The summed E-state index contributed by atoms with van der Waals surface area (Å²) in [5, 5.41) is 2.98. The van der Waals surface area contributed by atoms with Crippen molar-refractivity contribution in [3.8, 4) is 5.75 Å². The number of hydrogen-bond acceptors (Lipinski definition) is 6. The van der Waals surface area contributed by atoms with Crippen LogP contribution in [0.3, 0.4) is 0 Å². The first-order valence-corrected chi connectivity index (χ1v) is 12.8. The second kappa shape index (κ2) is 11.8. The highest BCUT2D eigenvalue weighted by molar-refractivity contribution is 6.00. The first-order valence-electron chi connectivity index (χ1n) is 12.8. The number of nitrogens with one attached hydrogen (secondary N) is 1. The van der Waals surface area contributed by atoms with Crippen LogP contribution in [0.5, 0.6) is 5.75 Å². The summed E-state index contributed by atoms with van der Waals surface area (Å²) in [4.78, 5) is 34.3. The maximum atomic E-state index is 13.5. The van der Waals surface area contributed by atoms with Gasteiger partial charge in [0.25, 0.3) is 5.91 Å². The Bertz CT molecular complexity index is 1040. The maximum Gasteiger partial charge on any atom is 0.257 e. The average Bonchev–Trinajstić information content (AvgIpc) is 2.84. The Morgan fingerprint density at radius 1 is 1.22 bits per heavy atom. The molecule has 1 aromatic heterocycles. The monoisotopic (exact) mass is 494 g/mol. The van der Waals surface area contributed by atoms with Crippen LogP contribution in [0.1, 0.15) is 49.0 Å². The summed E-state index contributed by atoms with van der Waals surface area (Å²) >= 11 is 0. The molecule has 1 fully saturated rings. The van der Waals surface area contributed by atoms with Crippen LogP contribution in [0.15, 0.2) is 42.7 Å². The van der Waals surface area contributed by atoms with Gasteiger partial charge in [-0.3, -0.25) is 19.5 Å². The fourth-order valence-corrected chi connectivity index (χ4v) is 4.79. The number of pyridine rings is 1. The number of ether oxygens (including phenoxy) is 2. The Hall–Kier alpha value is -2.97. The number of aromatic nitrogens is 1. The molecule has 3 atom stereocenters. The lowest BCUT2D eigenvalue weighted by Crippen LogP contribution is -2.46. The Morgan fingerprint density at radius 3 is 2.69 bits per heavy atom. The first kappa shape index (κ1) is 26.1. The lowest BCUT2D eigenvalue weighted by molar-refractivity contribution is -0.122. The summed E-state index contributed by atoms with van der Waals surface area (Å²) in [5.41, 5.74) is 2.20. The topological polar surface area (TPSA) is 84.0 Å². The van der Waals surface area contributed by atoms with E-state index in [1.165, 1.54) is 0 Å². The molecular weight excluding hydrogens is 456 g/mol. The minimum atomic E-state index is -0.153. The minimum absolute atomic E-state index is 0.0176. The van der Waals surface area contributed by atoms with E-state index in [0.29, 0.717) is 30.2 Å². The van der Waals surface area contributed by atoms with Crippen LogP contribution in [0.2, 0.25) is 0 Å². The molecule has 2 heterocycles. The summed E-state index contributed by atoms with van der Waals surface area (Å²) in [7, 11) is 3.48. The lowest BCUT2D eigenvalue weighted by Gasteiger charge is -2.36. The van der Waals surface area contributed by atoms with Crippen molar-refractivity contribution in [2.45, 2.75) is 51.8 Å². The summed E-state index contributed by atoms with van der Waals surface area (Å²) in [5.74, 6) is 0.625. The molecular formula is C28H38N4O4. The van der Waals surface area contributed by atoms with Crippen LogP contribution in [0.4, 0.5) is 5.69 Å². The van der Waals surface area contributed by atoms with Gasteiger partial charge in [-0.1, -0.05) is 19.4 Å². The molecule has 8 nitrogen and oxygen atoms in total. The zero-order valence-electron chi connectivity index (χ0n) is 21.8. The Morgan fingerprint density at radius 2 is 2.03 bits per heavy atom. The first-order chi connectivity index (χ1) is 17.4. The van der Waals surface area contributed by atoms with Crippen molar-refractivity contribution in [1.82, 2.24) is 14.8 Å². The van der Waals surface area contributed by atoms with Gasteiger partial charge in [0.05, 0.1) is 11.7 Å². The standard InChI is InChI=1S/C28H38N4O4/c1-19-15-32(16-21-7-6-12-29-14-21)20(2)18-36-25-11-10-23(30-27(33)22-8-5-9-22)13-24(25)28(34)31(3)17-26(19)35-4/h6-7,10-14,19-20,22,26H,5,8-9,15-18H2,1-4H3,(H,30,33)/t19-,20-,26+/m1/s1. The van der Waals surface area contributed by atoms with E-state index in [1.54, 1.807) is 37.4 Å². The van der Waals surface area contributed by atoms with E-state index in [0.717, 1.165) is 37.9 Å². The highest BCUT2D eigenvalue weighted by Crippen LogP contribution is 2.30. The van der Waals surface area contributed by atoms with Crippen molar-refractivity contribution in [3.63, 3.8) is 0 Å². The van der Waals surface area contributed by atoms with Gasteiger partial charge < -0.3 is 19.7 Å². The van der Waals surface area contributed by atoms with Gasteiger partial charge in [0.2, 0.25) is 5.91 Å². The van der Waals surface area contributed by atoms with Crippen LogP contribution in [-0.2, 0) is 16.1 Å². The summed E-state index contributed by atoms with van der Waals surface area (Å²) in [6, 6.07) is 9.45. The molecule has 194 valence electrons. The summed E-state index contributed by atoms with van der Waals surface area (Å²) < 4.78 is 12.1. The molecule has 0 spiro atoms. The molecule has 2 aromatic rings. The van der Waals surface area contributed by atoms with Crippen LogP contribution in [-0.4, -0.2) is 72.6 Å². The third-order valence-electron chi connectivity index (χ3n) is 7.43. The van der Waals surface area contributed by atoms with Crippen molar-refractivity contribution >= 4 is 17.5 Å². The van der Waals surface area contributed by atoms with Gasteiger partial charge in [0.1, 0.15) is 12.4 Å². The molecule has 1 N–H and O–H groups in total. The van der Waals surface area contributed by atoms with Gasteiger partial charge in [-0.15, -0.1) is 0 Å². The van der Waals surface area contributed by atoms with E-state index in [2.05, 4.69) is 35.1 Å². The molecule has 8 heteroatoms. The summed E-state index contributed by atoms with van der Waals surface area (Å²) in [6.45, 7) is 6.69. The van der Waals surface area contributed by atoms with Gasteiger partial charge in [-0.2, -0.15) is 0 Å². The van der Waals surface area contributed by atoms with E-state index in [4.69, 9.17) is 9.47 Å². The quantitative estimate of drug-likeness (QED) is 0.680. The Labute approximate surface area is 214 Å². The van der Waals surface area contributed by atoms with Gasteiger partial charge in [-0.25, -0.2) is 0 Å². The van der Waals surface area contributed by atoms with E-state index < -0.39 is 0 Å². The number of carbonyl (C=O) groups is 2. The van der Waals surface area contributed by atoms with Crippen molar-refractivity contribution in [3.05, 3.63) is 53.9 Å². The van der Waals surface area contributed by atoms with Gasteiger partial charge in [0, 0.05) is 63.8 Å². The lowest BCUT2D eigenvalue weighted by atomic mass is 9.85.